The van der Waals surface area contributed by atoms with E-state index < -0.39 is 9.84 Å². The second-order valence-electron chi connectivity index (χ2n) is 3.22. The summed E-state index contributed by atoms with van der Waals surface area (Å²) in [4.78, 5) is 4.17. The molecule has 1 radical (unpaired) electrons. The predicted octanol–water partition coefficient (Wildman–Crippen LogP) is 1.84. The molecule has 0 fully saturated rings. The molecule has 0 aliphatic heterocycles. The summed E-state index contributed by atoms with van der Waals surface area (Å²) in [5.41, 5.74) is 0.870. The van der Waals surface area contributed by atoms with Crippen LogP contribution in [0.15, 0.2) is 23.4 Å². The average molecular weight is 212 g/mol. The van der Waals surface area contributed by atoms with Crippen LogP contribution in [0.1, 0.15) is 25.3 Å². The number of sulfone groups is 1. The highest BCUT2D eigenvalue weighted by atomic mass is 32.2. The van der Waals surface area contributed by atoms with E-state index in [0.29, 0.717) is 0 Å². The molecule has 1 aromatic heterocycles. The first kappa shape index (κ1) is 11.2. The van der Waals surface area contributed by atoms with E-state index in [0.717, 1.165) is 18.4 Å². The Labute approximate surface area is 85.1 Å². The maximum absolute atomic E-state index is 11.2. The van der Waals surface area contributed by atoms with E-state index in [2.05, 4.69) is 11.9 Å². The zero-order valence-corrected chi connectivity index (χ0v) is 9.21. The van der Waals surface area contributed by atoms with Gasteiger partial charge in [-0.3, -0.25) is 4.98 Å². The molecule has 77 valence electrons. The summed E-state index contributed by atoms with van der Waals surface area (Å²) in [6, 6.07) is 1.65. The molecule has 0 atom stereocenters. The standard InChI is InChI=1S/C10H14NO2S/c1-3-4-5-9-6-10(8-11-7-9)14(2,12)13/h5-8H,3-4H2,1-2H3. The Kier molecular flexibility index (Phi) is 3.63. The minimum Gasteiger partial charge on any atom is -0.263 e. The third kappa shape index (κ3) is 3.10. The van der Waals surface area contributed by atoms with Gasteiger partial charge in [0, 0.05) is 18.6 Å². The summed E-state index contributed by atoms with van der Waals surface area (Å²) in [6.45, 7) is 2.07. The van der Waals surface area contributed by atoms with Gasteiger partial charge in [-0.15, -0.1) is 0 Å². The molecule has 14 heavy (non-hydrogen) atoms. The second kappa shape index (κ2) is 4.55. The SMILES string of the molecule is CCC[CH]c1cncc(S(C)(=O)=O)c1. The fourth-order valence-corrected chi connectivity index (χ4v) is 1.66. The lowest BCUT2D eigenvalue weighted by atomic mass is 10.1. The highest BCUT2D eigenvalue weighted by molar-refractivity contribution is 7.90. The Balaban J connectivity index is 2.90. The van der Waals surface area contributed by atoms with E-state index in [4.69, 9.17) is 0 Å². The Bertz CT molecular complexity index is 398. The Morgan fingerprint density at radius 1 is 1.43 bits per heavy atom. The number of hydrogen-bond acceptors (Lipinski definition) is 3. The average Bonchev–Trinajstić information content (AvgIpc) is 2.14. The summed E-state index contributed by atoms with van der Waals surface area (Å²) in [6.07, 6.45) is 8.20. The van der Waals surface area contributed by atoms with E-state index in [9.17, 15) is 8.42 Å². The summed E-state index contributed by atoms with van der Waals surface area (Å²) < 4.78 is 22.4. The van der Waals surface area contributed by atoms with Gasteiger partial charge < -0.3 is 0 Å². The molecular formula is C10H14NO2S. The molecule has 1 rings (SSSR count). The van der Waals surface area contributed by atoms with Crippen LogP contribution in [0.25, 0.3) is 0 Å². The van der Waals surface area contributed by atoms with E-state index in [1.807, 2.05) is 6.42 Å². The number of rotatable bonds is 4. The molecule has 0 amide bonds. The topological polar surface area (TPSA) is 47.0 Å². The van der Waals surface area contributed by atoms with Crippen LogP contribution in [-0.2, 0) is 9.84 Å². The Morgan fingerprint density at radius 2 is 2.14 bits per heavy atom. The lowest BCUT2D eigenvalue weighted by molar-refractivity contribution is 0.601. The maximum Gasteiger partial charge on any atom is 0.177 e. The molecule has 0 bridgehead atoms. The molecule has 0 N–H and O–H groups in total. The normalized spacial score (nSPS) is 11.6. The molecule has 0 aliphatic carbocycles. The monoisotopic (exact) mass is 212 g/mol. The van der Waals surface area contributed by atoms with E-state index in [-0.39, 0.29) is 4.90 Å². The van der Waals surface area contributed by atoms with E-state index in [1.54, 1.807) is 12.3 Å². The highest BCUT2D eigenvalue weighted by Crippen LogP contribution is 2.12. The van der Waals surface area contributed by atoms with Crippen molar-refractivity contribution in [2.24, 2.45) is 0 Å². The number of pyridine rings is 1. The molecule has 0 saturated heterocycles. The zero-order valence-electron chi connectivity index (χ0n) is 8.40. The van der Waals surface area contributed by atoms with Crippen molar-refractivity contribution in [3.8, 4) is 0 Å². The van der Waals surface area contributed by atoms with Crippen molar-refractivity contribution in [2.75, 3.05) is 6.26 Å². The van der Waals surface area contributed by atoms with Gasteiger partial charge in [0.2, 0.25) is 0 Å². The van der Waals surface area contributed by atoms with Gasteiger partial charge in [0.25, 0.3) is 0 Å². The number of unbranched alkanes of at least 4 members (excludes halogenated alkanes) is 1. The maximum atomic E-state index is 11.2. The van der Waals surface area contributed by atoms with Gasteiger partial charge in [-0.05, 0) is 24.5 Å². The number of nitrogens with zero attached hydrogens (tertiary/aromatic N) is 1. The van der Waals surface area contributed by atoms with Crippen LogP contribution in [0.5, 0.6) is 0 Å². The first-order chi connectivity index (χ1) is 6.54. The van der Waals surface area contributed by atoms with Gasteiger partial charge >= 0.3 is 0 Å². The van der Waals surface area contributed by atoms with Crippen LogP contribution in [0.2, 0.25) is 0 Å². The van der Waals surface area contributed by atoms with Gasteiger partial charge in [-0.1, -0.05) is 13.3 Å². The molecule has 0 unspecified atom stereocenters. The minimum absolute atomic E-state index is 0.280. The third-order valence-corrected chi connectivity index (χ3v) is 2.91. The van der Waals surface area contributed by atoms with Crippen molar-refractivity contribution in [3.05, 3.63) is 30.4 Å². The van der Waals surface area contributed by atoms with Crippen molar-refractivity contribution in [1.82, 2.24) is 4.98 Å². The van der Waals surface area contributed by atoms with Crippen LogP contribution in [0.4, 0.5) is 0 Å². The Hall–Kier alpha value is -0.900. The summed E-state index contributed by atoms with van der Waals surface area (Å²) >= 11 is 0. The van der Waals surface area contributed by atoms with Crippen molar-refractivity contribution >= 4 is 9.84 Å². The first-order valence-corrected chi connectivity index (χ1v) is 6.41. The summed E-state index contributed by atoms with van der Waals surface area (Å²) in [7, 11) is -3.13. The van der Waals surface area contributed by atoms with Crippen LogP contribution >= 0.6 is 0 Å². The second-order valence-corrected chi connectivity index (χ2v) is 5.23. The van der Waals surface area contributed by atoms with Crippen molar-refractivity contribution in [1.29, 1.82) is 0 Å². The lowest BCUT2D eigenvalue weighted by Crippen LogP contribution is -1.98. The van der Waals surface area contributed by atoms with Gasteiger partial charge in [0.15, 0.2) is 9.84 Å². The first-order valence-electron chi connectivity index (χ1n) is 4.52. The largest absolute Gasteiger partial charge is 0.263 e. The molecule has 3 nitrogen and oxygen atoms in total. The minimum atomic E-state index is -3.13. The third-order valence-electron chi connectivity index (χ3n) is 1.83. The van der Waals surface area contributed by atoms with Crippen LogP contribution in [0.3, 0.4) is 0 Å². The van der Waals surface area contributed by atoms with Gasteiger partial charge in [0.1, 0.15) is 0 Å². The molecule has 1 aromatic rings. The molecule has 0 aromatic carbocycles. The lowest BCUT2D eigenvalue weighted by Gasteiger charge is -2.01. The smallest absolute Gasteiger partial charge is 0.177 e. The molecular weight excluding hydrogens is 198 g/mol. The van der Waals surface area contributed by atoms with Gasteiger partial charge in [-0.2, -0.15) is 0 Å². The number of aromatic nitrogens is 1. The highest BCUT2D eigenvalue weighted by Gasteiger charge is 2.07. The molecule has 0 aliphatic rings. The van der Waals surface area contributed by atoms with E-state index >= 15 is 0 Å². The quantitative estimate of drug-likeness (QED) is 0.765. The molecule has 0 spiro atoms. The summed E-state index contributed by atoms with van der Waals surface area (Å²) in [5, 5.41) is 0. The van der Waals surface area contributed by atoms with Crippen molar-refractivity contribution in [2.45, 2.75) is 24.7 Å². The van der Waals surface area contributed by atoms with Crippen LogP contribution < -0.4 is 0 Å². The zero-order chi connectivity index (χ0) is 10.6. The van der Waals surface area contributed by atoms with Crippen LogP contribution in [-0.4, -0.2) is 19.7 Å². The number of hydrogen-bond donors (Lipinski definition) is 0. The van der Waals surface area contributed by atoms with Gasteiger partial charge in [-0.25, -0.2) is 8.42 Å². The molecule has 4 heteroatoms. The Morgan fingerprint density at radius 3 is 2.71 bits per heavy atom. The fourth-order valence-electron chi connectivity index (χ4n) is 1.06. The van der Waals surface area contributed by atoms with Crippen molar-refractivity contribution in [3.63, 3.8) is 0 Å². The predicted molar refractivity (Wildman–Crippen MR) is 55.7 cm³/mol. The van der Waals surface area contributed by atoms with Crippen molar-refractivity contribution < 1.29 is 8.42 Å². The molecule has 0 saturated carbocycles. The van der Waals surface area contributed by atoms with E-state index in [1.165, 1.54) is 12.5 Å². The fraction of sp³-hybridized carbons (Fsp3) is 0.400. The molecule has 1 heterocycles. The van der Waals surface area contributed by atoms with Crippen LogP contribution in [0, 0.1) is 6.42 Å². The van der Waals surface area contributed by atoms with Gasteiger partial charge in [0.05, 0.1) is 4.90 Å². The summed E-state index contributed by atoms with van der Waals surface area (Å²) in [5.74, 6) is 0.